The summed E-state index contributed by atoms with van der Waals surface area (Å²) in [5.74, 6) is 1.81. The van der Waals surface area contributed by atoms with Crippen LogP contribution in [0.25, 0.3) is 0 Å². The molecule has 2 aliphatic rings. The zero-order valence-corrected chi connectivity index (χ0v) is 15.2. The van der Waals surface area contributed by atoms with Gasteiger partial charge in [0.2, 0.25) is 0 Å². The normalized spacial score (nSPS) is 22.3. The van der Waals surface area contributed by atoms with Gasteiger partial charge in [0, 0.05) is 38.5 Å². The van der Waals surface area contributed by atoms with Crippen LogP contribution >= 0.6 is 0 Å². The number of halogens is 1. The van der Waals surface area contributed by atoms with Gasteiger partial charge in [-0.05, 0) is 62.1 Å². The van der Waals surface area contributed by atoms with E-state index >= 15 is 0 Å². The van der Waals surface area contributed by atoms with E-state index in [2.05, 4.69) is 21.9 Å². The van der Waals surface area contributed by atoms with E-state index in [1.807, 2.05) is 12.1 Å². The minimum Gasteiger partial charge on any atom is -0.462 e. The Morgan fingerprint density at radius 2 is 1.81 bits per heavy atom. The predicted molar refractivity (Wildman–Crippen MR) is 99.8 cm³/mol. The van der Waals surface area contributed by atoms with Crippen molar-refractivity contribution in [3.8, 4) is 0 Å². The Morgan fingerprint density at radius 3 is 2.62 bits per heavy atom. The first-order valence-electron chi connectivity index (χ1n) is 9.71. The molecular formula is C21H27FN2O2. The van der Waals surface area contributed by atoms with Gasteiger partial charge in [-0.15, -0.1) is 0 Å². The van der Waals surface area contributed by atoms with Crippen LogP contribution in [-0.4, -0.2) is 37.7 Å². The molecule has 0 amide bonds. The maximum absolute atomic E-state index is 13.1. The quantitative estimate of drug-likeness (QED) is 0.811. The van der Waals surface area contributed by atoms with Crippen LogP contribution in [0.4, 0.5) is 10.1 Å². The molecule has 1 aromatic carbocycles. The second kappa shape index (κ2) is 8.23. The second-order valence-corrected chi connectivity index (χ2v) is 7.25. The summed E-state index contributed by atoms with van der Waals surface area (Å²) in [6.07, 6.45) is 4.66. The first kappa shape index (κ1) is 17.6. The topological polar surface area (TPSA) is 28.9 Å². The van der Waals surface area contributed by atoms with Crippen LogP contribution in [0.1, 0.15) is 43.3 Å². The fraction of sp³-hybridized carbons (Fsp3) is 0.524. The van der Waals surface area contributed by atoms with Crippen molar-refractivity contribution in [2.45, 2.75) is 38.3 Å². The highest BCUT2D eigenvalue weighted by Gasteiger charge is 2.21. The molecule has 4 nitrogen and oxygen atoms in total. The van der Waals surface area contributed by atoms with Crippen molar-refractivity contribution in [2.75, 3.05) is 37.7 Å². The molecule has 2 aliphatic heterocycles. The molecule has 2 fully saturated rings. The minimum atomic E-state index is -0.180. The van der Waals surface area contributed by atoms with Crippen molar-refractivity contribution in [1.82, 2.24) is 4.90 Å². The average molecular weight is 358 g/mol. The highest BCUT2D eigenvalue weighted by molar-refractivity contribution is 5.46. The van der Waals surface area contributed by atoms with Crippen LogP contribution in [0.5, 0.6) is 0 Å². The number of ether oxygens (including phenoxy) is 1. The number of furan rings is 1. The number of nitrogens with zero attached hydrogens (tertiary/aromatic N) is 2. The summed E-state index contributed by atoms with van der Waals surface area (Å²) < 4.78 is 25.0. The van der Waals surface area contributed by atoms with Crippen molar-refractivity contribution < 1.29 is 13.5 Å². The lowest BCUT2D eigenvalue weighted by molar-refractivity contribution is 0.000872. The molecule has 26 heavy (non-hydrogen) atoms. The SMILES string of the molecule is Fc1ccc(N2CCCN(Cc3ccc([C@H]4CCCCO4)o3)CC2)cc1. The Hall–Kier alpha value is -1.85. The Kier molecular flexibility index (Phi) is 5.56. The lowest BCUT2D eigenvalue weighted by Crippen LogP contribution is -2.30. The molecule has 1 aromatic heterocycles. The molecule has 2 saturated heterocycles. The summed E-state index contributed by atoms with van der Waals surface area (Å²) in [5, 5.41) is 0. The summed E-state index contributed by atoms with van der Waals surface area (Å²) >= 11 is 0. The summed E-state index contributed by atoms with van der Waals surface area (Å²) in [7, 11) is 0. The Balaban J connectivity index is 1.33. The number of benzene rings is 1. The molecule has 140 valence electrons. The molecule has 0 N–H and O–H groups in total. The van der Waals surface area contributed by atoms with Crippen LogP contribution in [0, 0.1) is 5.82 Å². The van der Waals surface area contributed by atoms with Crippen molar-refractivity contribution >= 4 is 5.69 Å². The van der Waals surface area contributed by atoms with Crippen LogP contribution < -0.4 is 4.90 Å². The summed E-state index contributed by atoms with van der Waals surface area (Å²) in [6.45, 7) is 5.66. The molecule has 0 unspecified atom stereocenters. The van der Waals surface area contributed by atoms with Gasteiger partial charge in [0.25, 0.3) is 0 Å². The lowest BCUT2D eigenvalue weighted by atomic mass is 10.1. The van der Waals surface area contributed by atoms with Crippen LogP contribution in [0.15, 0.2) is 40.8 Å². The monoisotopic (exact) mass is 358 g/mol. The molecule has 0 radical (unpaired) electrons. The molecule has 0 spiro atoms. The molecule has 5 heteroatoms. The Bertz CT molecular complexity index is 694. The third-order valence-corrected chi connectivity index (χ3v) is 5.34. The number of rotatable bonds is 4. The molecule has 0 bridgehead atoms. The smallest absolute Gasteiger partial charge is 0.133 e. The summed E-state index contributed by atoms with van der Waals surface area (Å²) in [5.41, 5.74) is 1.10. The fourth-order valence-corrected chi connectivity index (χ4v) is 3.88. The predicted octanol–water partition coefficient (Wildman–Crippen LogP) is 4.37. The number of hydrogen-bond acceptors (Lipinski definition) is 4. The van der Waals surface area contributed by atoms with E-state index in [1.54, 1.807) is 0 Å². The van der Waals surface area contributed by atoms with Gasteiger partial charge in [-0.1, -0.05) is 0 Å². The van der Waals surface area contributed by atoms with Gasteiger partial charge in [0.1, 0.15) is 23.4 Å². The Morgan fingerprint density at radius 1 is 0.923 bits per heavy atom. The lowest BCUT2D eigenvalue weighted by Gasteiger charge is -2.23. The Labute approximate surface area is 154 Å². The van der Waals surface area contributed by atoms with Gasteiger partial charge in [-0.3, -0.25) is 4.90 Å². The summed E-state index contributed by atoms with van der Waals surface area (Å²) in [6, 6.07) is 11.0. The zero-order chi connectivity index (χ0) is 17.8. The molecule has 3 heterocycles. The first-order valence-corrected chi connectivity index (χ1v) is 9.71. The van der Waals surface area contributed by atoms with E-state index in [9.17, 15) is 4.39 Å². The van der Waals surface area contributed by atoms with Crippen LogP contribution in [-0.2, 0) is 11.3 Å². The van der Waals surface area contributed by atoms with E-state index < -0.39 is 0 Å². The van der Waals surface area contributed by atoms with E-state index in [0.29, 0.717) is 0 Å². The van der Waals surface area contributed by atoms with Crippen molar-refractivity contribution in [3.05, 3.63) is 53.7 Å². The molecule has 2 aromatic rings. The van der Waals surface area contributed by atoms with Gasteiger partial charge < -0.3 is 14.1 Å². The van der Waals surface area contributed by atoms with Gasteiger partial charge in [-0.25, -0.2) is 4.39 Å². The third kappa shape index (κ3) is 4.27. The van der Waals surface area contributed by atoms with E-state index in [1.165, 1.54) is 18.6 Å². The van der Waals surface area contributed by atoms with E-state index in [-0.39, 0.29) is 11.9 Å². The largest absolute Gasteiger partial charge is 0.462 e. The fourth-order valence-electron chi connectivity index (χ4n) is 3.88. The van der Waals surface area contributed by atoms with Crippen molar-refractivity contribution in [1.29, 1.82) is 0 Å². The molecular weight excluding hydrogens is 331 g/mol. The minimum absolute atomic E-state index is 0.135. The molecule has 0 aliphatic carbocycles. The number of anilines is 1. The highest BCUT2D eigenvalue weighted by Crippen LogP contribution is 2.29. The van der Waals surface area contributed by atoms with Crippen LogP contribution in [0.3, 0.4) is 0 Å². The molecule has 0 saturated carbocycles. The van der Waals surface area contributed by atoms with Crippen molar-refractivity contribution in [2.24, 2.45) is 0 Å². The van der Waals surface area contributed by atoms with Gasteiger partial charge in [0.05, 0.1) is 6.54 Å². The molecule has 1 atom stereocenters. The third-order valence-electron chi connectivity index (χ3n) is 5.34. The highest BCUT2D eigenvalue weighted by atomic mass is 19.1. The van der Waals surface area contributed by atoms with Crippen molar-refractivity contribution in [3.63, 3.8) is 0 Å². The van der Waals surface area contributed by atoms with Gasteiger partial charge >= 0.3 is 0 Å². The van der Waals surface area contributed by atoms with E-state index in [4.69, 9.17) is 9.15 Å². The summed E-state index contributed by atoms with van der Waals surface area (Å²) in [4.78, 5) is 4.77. The second-order valence-electron chi connectivity index (χ2n) is 7.25. The maximum Gasteiger partial charge on any atom is 0.133 e. The van der Waals surface area contributed by atoms with Crippen LogP contribution in [0.2, 0.25) is 0 Å². The number of hydrogen-bond donors (Lipinski definition) is 0. The first-order chi connectivity index (χ1) is 12.8. The molecule has 4 rings (SSSR count). The van der Waals surface area contributed by atoms with Gasteiger partial charge in [0.15, 0.2) is 0 Å². The van der Waals surface area contributed by atoms with Gasteiger partial charge in [-0.2, -0.15) is 0 Å². The standard InChI is InChI=1S/C21H27FN2O2/c22-17-5-7-18(8-6-17)24-12-3-11-23(13-14-24)16-19-9-10-21(26-19)20-4-1-2-15-25-20/h5-10,20H,1-4,11-16H2/t20-/m1/s1. The zero-order valence-electron chi connectivity index (χ0n) is 15.2. The maximum atomic E-state index is 13.1. The average Bonchev–Trinajstić information content (AvgIpc) is 3.02. The van der Waals surface area contributed by atoms with E-state index in [0.717, 1.165) is 75.8 Å².